The quantitative estimate of drug-likeness (QED) is 0.266. The predicted octanol–water partition coefficient (Wildman–Crippen LogP) is 5.09. The first kappa shape index (κ1) is 30.1. The van der Waals surface area contributed by atoms with E-state index in [-0.39, 0.29) is 42.1 Å². The van der Waals surface area contributed by atoms with Gasteiger partial charge in [-0.3, -0.25) is 0 Å². The summed E-state index contributed by atoms with van der Waals surface area (Å²) < 4.78 is 34.5. The van der Waals surface area contributed by atoms with E-state index in [0.29, 0.717) is 0 Å². The van der Waals surface area contributed by atoms with Gasteiger partial charge in [-0.05, 0) is 77.3 Å². The average molecular weight is 647 g/mol. The highest BCUT2D eigenvalue weighted by atomic mass is 127. The van der Waals surface area contributed by atoms with Crippen LogP contribution in [0.1, 0.15) is 65.5 Å². The molecule has 7 heteroatoms. The zero-order chi connectivity index (χ0) is 26.4. The third-order valence-electron chi connectivity index (χ3n) is 6.40. The van der Waals surface area contributed by atoms with Crippen molar-refractivity contribution < 1.29 is 34.2 Å². The maximum absolute atomic E-state index is 10.5. The summed E-state index contributed by atoms with van der Waals surface area (Å²) in [5.74, 6) is 0. The van der Waals surface area contributed by atoms with Crippen molar-refractivity contribution in [2.45, 2.75) is 70.1 Å². The molecule has 35 heavy (non-hydrogen) atoms. The SMILES string of the molecule is CCC(C)(C)c1ccc([I+]c2ccc(C(C)(C)CC)cc2)cc1.O=S(=O)([O-])c1cc(Cl)ccc1Cl. The molecule has 0 radical (unpaired) electrons. The molecule has 190 valence electrons. The summed E-state index contributed by atoms with van der Waals surface area (Å²) in [6.07, 6.45) is 2.35. The van der Waals surface area contributed by atoms with Crippen LogP contribution in [0.2, 0.25) is 10.0 Å². The second kappa shape index (κ2) is 12.4. The van der Waals surface area contributed by atoms with Gasteiger partial charge in [0.15, 0.2) is 7.14 Å². The van der Waals surface area contributed by atoms with Gasteiger partial charge in [0.2, 0.25) is 0 Å². The Labute approximate surface area is 231 Å². The Balaban J connectivity index is 0.000000303. The van der Waals surface area contributed by atoms with Crippen LogP contribution in [0.5, 0.6) is 0 Å². The van der Waals surface area contributed by atoms with Gasteiger partial charge in [-0.25, -0.2) is 8.42 Å². The summed E-state index contributed by atoms with van der Waals surface area (Å²) in [4.78, 5) is -0.489. The molecule has 0 spiro atoms. The van der Waals surface area contributed by atoms with Gasteiger partial charge in [-0.1, -0.05) is 89.0 Å². The Kier molecular flexibility index (Phi) is 10.7. The molecule has 0 saturated heterocycles. The van der Waals surface area contributed by atoms with Crippen LogP contribution in [0, 0.1) is 7.14 Å². The van der Waals surface area contributed by atoms with E-state index in [1.54, 1.807) is 0 Å². The van der Waals surface area contributed by atoms with Crippen molar-refractivity contribution in [2.24, 2.45) is 0 Å². The molecular weight excluding hydrogens is 614 g/mol. The summed E-state index contributed by atoms with van der Waals surface area (Å²) in [7, 11) is -4.52. The van der Waals surface area contributed by atoms with Crippen molar-refractivity contribution in [3.63, 3.8) is 0 Å². The van der Waals surface area contributed by atoms with Crippen LogP contribution in [0.4, 0.5) is 0 Å². The Morgan fingerprint density at radius 2 is 1.14 bits per heavy atom. The molecule has 0 aliphatic carbocycles. The van der Waals surface area contributed by atoms with Gasteiger partial charge < -0.3 is 4.55 Å². The molecule has 0 N–H and O–H groups in total. The maximum atomic E-state index is 10.5. The van der Waals surface area contributed by atoms with E-state index in [4.69, 9.17) is 23.2 Å². The monoisotopic (exact) mass is 646 g/mol. The number of hydrogen-bond acceptors (Lipinski definition) is 3. The van der Waals surface area contributed by atoms with Gasteiger partial charge in [-0.15, -0.1) is 0 Å². The molecular formula is C28H33Cl2IO3S. The maximum Gasteiger partial charge on any atom is 0.357 e. The molecule has 0 amide bonds. The second-order valence-electron chi connectivity index (χ2n) is 9.61. The zero-order valence-corrected chi connectivity index (χ0v) is 25.5. The zero-order valence-electron chi connectivity index (χ0n) is 21.0. The number of benzene rings is 3. The molecule has 0 bridgehead atoms. The van der Waals surface area contributed by atoms with Gasteiger partial charge in [0.1, 0.15) is 10.1 Å². The van der Waals surface area contributed by atoms with Crippen LogP contribution in [0.15, 0.2) is 71.6 Å². The van der Waals surface area contributed by atoms with E-state index in [2.05, 4.69) is 90.1 Å². The van der Waals surface area contributed by atoms with E-state index in [9.17, 15) is 13.0 Å². The molecule has 0 atom stereocenters. The van der Waals surface area contributed by atoms with Gasteiger partial charge in [0, 0.05) is 5.02 Å². The lowest BCUT2D eigenvalue weighted by molar-refractivity contribution is -0.597. The number of rotatable bonds is 7. The summed E-state index contributed by atoms with van der Waals surface area (Å²) in [5, 5.41) is 0.0447. The summed E-state index contributed by atoms with van der Waals surface area (Å²) in [6, 6.07) is 22.3. The van der Waals surface area contributed by atoms with Crippen molar-refractivity contribution in [1.29, 1.82) is 0 Å². The smallest absolute Gasteiger partial charge is 0.357 e. The van der Waals surface area contributed by atoms with E-state index in [1.807, 2.05) is 0 Å². The molecule has 0 fully saturated rings. The number of halogens is 3. The summed E-state index contributed by atoms with van der Waals surface area (Å²) >= 11 is 10.8. The third kappa shape index (κ3) is 8.74. The van der Waals surface area contributed by atoms with Crippen molar-refractivity contribution in [1.82, 2.24) is 0 Å². The highest BCUT2D eigenvalue weighted by molar-refractivity contribution is 7.85. The highest BCUT2D eigenvalue weighted by Crippen LogP contribution is 2.27. The largest absolute Gasteiger partial charge is 0.744 e. The van der Waals surface area contributed by atoms with Crippen LogP contribution < -0.4 is 21.2 Å². The first-order valence-electron chi connectivity index (χ1n) is 11.5. The normalized spacial score (nSPS) is 12.1. The Bertz CT molecular complexity index is 1160. The van der Waals surface area contributed by atoms with Crippen molar-refractivity contribution in [3.8, 4) is 0 Å². The Morgan fingerprint density at radius 1 is 0.743 bits per heavy atom. The first-order chi connectivity index (χ1) is 16.2. The minimum absolute atomic E-state index is 0.0793. The average Bonchev–Trinajstić information content (AvgIpc) is 2.81. The fourth-order valence-electron chi connectivity index (χ4n) is 3.13. The van der Waals surface area contributed by atoms with Gasteiger partial charge in [0.05, 0.1) is 9.92 Å². The van der Waals surface area contributed by atoms with Crippen LogP contribution in [-0.2, 0) is 20.9 Å². The molecule has 0 heterocycles. The lowest BCUT2D eigenvalue weighted by Gasteiger charge is -2.23. The molecule has 0 saturated carbocycles. The van der Waals surface area contributed by atoms with E-state index in [0.717, 1.165) is 6.07 Å². The fraction of sp³-hybridized carbons (Fsp3) is 0.357. The highest BCUT2D eigenvalue weighted by Gasteiger charge is 2.22. The van der Waals surface area contributed by atoms with Crippen molar-refractivity contribution in [3.05, 3.63) is 95.0 Å². The van der Waals surface area contributed by atoms with Gasteiger partial charge >= 0.3 is 21.2 Å². The van der Waals surface area contributed by atoms with Crippen LogP contribution in [-0.4, -0.2) is 13.0 Å². The molecule has 0 aromatic heterocycles. The van der Waals surface area contributed by atoms with E-state index in [1.165, 1.54) is 43.2 Å². The van der Waals surface area contributed by atoms with Crippen molar-refractivity contribution in [2.75, 3.05) is 0 Å². The molecule has 3 nitrogen and oxygen atoms in total. The summed E-state index contributed by atoms with van der Waals surface area (Å²) in [6.45, 7) is 13.8. The van der Waals surface area contributed by atoms with E-state index < -0.39 is 15.0 Å². The van der Waals surface area contributed by atoms with Crippen LogP contribution >= 0.6 is 23.2 Å². The Hall–Kier alpha value is -1.12. The lowest BCUT2D eigenvalue weighted by Crippen LogP contribution is -3.61. The summed E-state index contributed by atoms with van der Waals surface area (Å²) in [5.41, 5.74) is 3.47. The third-order valence-corrected chi connectivity index (χ3v) is 10.6. The van der Waals surface area contributed by atoms with Crippen LogP contribution in [0.25, 0.3) is 0 Å². The molecule has 0 aliphatic heterocycles. The fourth-order valence-corrected chi connectivity index (χ4v) is 6.50. The molecule has 0 aliphatic rings. The minimum atomic E-state index is -4.52. The molecule has 0 unspecified atom stereocenters. The second-order valence-corrected chi connectivity index (χ2v) is 14.8. The lowest BCUT2D eigenvalue weighted by atomic mass is 9.82. The molecule has 3 rings (SSSR count). The number of hydrogen-bond donors (Lipinski definition) is 0. The predicted molar refractivity (Wildman–Crippen MR) is 141 cm³/mol. The van der Waals surface area contributed by atoms with Gasteiger partial charge in [0.25, 0.3) is 0 Å². The Morgan fingerprint density at radius 3 is 1.46 bits per heavy atom. The standard InChI is InChI=1S/C22H30I.C6H4Cl2O3S/c1-7-21(3,4)17-9-13-19(14-10-17)23-20-15-11-18(12-16-20)22(5,6)8-2;7-4-1-2-5(8)6(3-4)12(9,10)11/h9-16H,7-8H2,1-6H3;1-3H,(H,9,10,11)/q+1;/p-1. The molecule has 3 aromatic rings. The van der Waals surface area contributed by atoms with Crippen LogP contribution in [0.3, 0.4) is 0 Å². The topological polar surface area (TPSA) is 57.2 Å². The molecule has 3 aromatic carbocycles. The van der Waals surface area contributed by atoms with Crippen molar-refractivity contribution >= 4 is 33.3 Å². The van der Waals surface area contributed by atoms with E-state index >= 15 is 0 Å². The first-order valence-corrected chi connectivity index (χ1v) is 15.8. The minimum Gasteiger partial charge on any atom is -0.744 e. The van der Waals surface area contributed by atoms with Gasteiger partial charge in [-0.2, -0.15) is 0 Å².